The number of carboxylic acid groups (broad SMARTS) is 1. The zero-order valence-corrected chi connectivity index (χ0v) is 10.2. The van der Waals surface area contributed by atoms with Gasteiger partial charge in [-0.1, -0.05) is 12.1 Å². The van der Waals surface area contributed by atoms with Gasteiger partial charge in [-0.3, -0.25) is 14.4 Å². The standard InChI is InChI=1S/C13H14N2O4/c16-11(17)7-14-12(18)9-3-1-2-4-10(9)13(19)15-8-5-6-8/h1-4,8H,5-7H2,(H,14,18)(H,15,19)(H,16,17). The Morgan fingerprint density at radius 1 is 1.11 bits per heavy atom. The predicted molar refractivity (Wildman–Crippen MR) is 66.9 cm³/mol. The molecule has 0 aromatic heterocycles. The van der Waals surface area contributed by atoms with Crippen LogP contribution in [0.1, 0.15) is 33.6 Å². The molecular weight excluding hydrogens is 248 g/mol. The summed E-state index contributed by atoms with van der Waals surface area (Å²) in [6, 6.07) is 6.54. The molecule has 0 spiro atoms. The molecule has 1 aromatic rings. The zero-order valence-electron chi connectivity index (χ0n) is 10.2. The number of hydrogen-bond donors (Lipinski definition) is 3. The Morgan fingerprint density at radius 2 is 1.68 bits per heavy atom. The van der Waals surface area contributed by atoms with Crippen LogP contribution in [0.5, 0.6) is 0 Å². The van der Waals surface area contributed by atoms with Crippen LogP contribution in [0, 0.1) is 0 Å². The molecule has 1 aliphatic rings. The molecule has 0 radical (unpaired) electrons. The van der Waals surface area contributed by atoms with Crippen molar-refractivity contribution in [3.63, 3.8) is 0 Å². The monoisotopic (exact) mass is 262 g/mol. The van der Waals surface area contributed by atoms with Crippen LogP contribution in [0.15, 0.2) is 24.3 Å². The second-order valence-corrected chi connectivity index (χ2v) is 4.37. The Labute approximate surface area is 109 Å². The summed E-state index contributed by atoms with van der Waals surface area (Å²) in [5.74, 6) is -2.00. The Hall–Kier alpha value is -2.37. The second-order valence-electron chi connectivity index (χ2n) is 4.37. The van der Waals surface area contributed by atoms with E-state index in [4.69, 9.17) is 5.11 Å². The Bertz CT molecular complexity index is 523. The van der Waals surface area contributed by atoms with Crippen molar-refractivity contribution in [1.29, 1.82) is 0 Å². The molecular formula is C13H14N2O4. The van der Waals surface area contributed by atoms with Crippen molar-refractivity contribution >= 4 is 17.8 Å². The molecule has 100 valence electrons. The number of carboxylic acids is 1. The quantitative estimate of drug-likeness (QED) is 0.715. The van der Waals surface area contributed by atoms with Gasteiger partial charge in [-0.2, -0.15) is 0 Å². The second kappa shape index (κ2) is 5.51. The highest BCUT2D eigenvalue weighted by molar-refractivity contribution is 6.07. The molecule has 0 aliphatic heterocycles. The molecule has 6 nitrogen and oxygen atoms in total. The van der Waals surface area contributed by atoms with Gasteiger partial charge in [0.2, 0.25) is 0 Å². The Balaban J connectivity index is 2.12. The summed E-state index contributed by atoms with van der Waals surface area (Å²) in [6.07, 6.45) is 1.91. The molecule has 0 bridgehead atoms. The summed E-state index contributed by atoms with van der Waals surface area (Å²) >= 11 is 0. The summed E-state index contributed by atoms with van der Waals surface area (Å²) in [5.41, 5.74) is 0.444. The van der Waals surface area contributed by atoms with Crippen molar-refractivity contribution < 1.29 is 19.5 Å². The first kappa shape index (κ1) is 13.1. The molecule has 1 saturated carbocycles. The number of nitrogens with one attached hydrogen (secondary N) is 2. The third-order valence-corrected chi connectivity index (χ3v) is 2.73. The van der Waals surface area contributed by atoms with Gasteiger partial charge in [0.15, 0.2) is 0 Å². The lowest BCUT2D eigenvalue weighted by Gasteiger charge is -2.09. The number of carbonyl (C=O) groups is 3. The van der Waals surface area contributed by atoms with Gasteiger partial charge >= 0.3 is 5.97 Å². The first-order chi connectivity index (χ1) is 9.08. The van der Waals surface area contributed by atoms with Crippen LogP contribution in [-0.2, 0) is 4.79 Å². The van der Waals surface area contributed by atoms with Gasteiger partial charge in [0.1, 0.15) is 6.54 Å². The summed E-state index contributed by atoms with van der Waals surface area (Å²) in [6.45, 7) is -0.475. The lowest BCUT2D eigenvalue weighted by atomic mass is 10.1. The summed E-state index contributed by atoms with van der Waals surface area (Å²) in [5, 5.41) is 13.6. The van der Waals surface area contributed by atoms with E-state index in [0.29, 0.717) is 0 Å². The fraction of sp³-hybridized carbons (Fsp3) is 0.308. The van der Waals surface area contributed by atoms with E-state index in [0.717, 1.165) is 12.8 Å². The molecule has 0 heterocycles. The van der Waals surface area contributed by atoms with Crippen molar-refractivity contribution in [2.75, 3.05) is 6.54 Å². The number of aliphatic carboxylic acids is 1. The SMILES string of the molecule is O=C(O)CNC(=O)c1ccccc1C(=O)NC1CC1. The molecule has 2 rings (SSSR count). The highest BCUT2D eigenvalue weighted by Crippen LogP contribution is 2.20. The van der Waals surface area contributed by atoms with Gasteiger partial charge in [0.05, 0.1) is 11.1 Å². The van der Waals surface area contributed by atoms with Crippen molar-refractivity contribution in [2.45, 2.75) is 18.9 Å². The smallest absolute Gasteiger partial charge is 0.322 e. The van der Waals surface area contributed by atoms with E-state index >= 15 is 0 Å². The van der Waals surface area contributed by atoms with Gasteiger partial charge in [-0.05, 0) is 25.0 Å². The maximum absolute atomic E-state index is 12.0. The molecule has 19 heavy (non-hydrogen) atoms. The molecule has 0 unspecified atom stereocenters. The summed E-state index contributed by atoms with van der Waals surface area (Å²) < 4.78 is 0. The largest absolute Gasteiger partial charge is 0.480 e. The zero-order chi connectivity index (χ0) is 13.8. The first-order valence-electron chi connectivity index (χ1n) is 5.98. The maximum Gasteiger partial charge on any atom is 0.322 e. The van der Waals surface area contributed by atoms with Crippen molar-refractivity contribution in [1.82, 2.24) is 10.6 Å². The van der Waals surface area contributed by atoms with E-state index in [9.17, 15) is 14.4 Å². The Kier molecular flexibility index (Phi) is 3.79. The number of hydrogen-bond acceptors (Lipinski definition) is 3. The van der Waals surface area contributed by atoms with Crippen LogP contribution < -0.4 is 10.6 Å². The van der Waals surface area contributed by atoms with E-state index in [1.807, 2.05) is 0 Å². The van der Waals surface area contributed by atoms with Gasteiger partial charge in [0, 0.05) is 6.04 Å². The topological polar surface area (TPSA) is 95.5 Å². The minimum absolute atomic E-state index is 0.182. The lowest BCUT2D eigenvalue weighted by molar-refractivity contribution is -0.135. The van der Waals surface area contributed by atoms with Crippen LogP contribution in [0.3, 0.4) is 0 Å². The normalized spacial score (nSPS) is 13.7. The minimum Gasteiger partial charge on any atom is -0.480 e. The third-order valence-electron chi connectivity index (χ3n) is 2.73. The van der Waals surface area contributed by atoms with Crippen LogP contribution in [-0.4, -0.2) is 35.5 Å². The lowest BCUT2D eigenvalue weighted by Crippen LogP contribution is -2.32. The van der Waals surface area contributed by atoms with Gasteiger partial charge < -0.3 is 15.7 Å². The average molecular weight is 262 g/mol. The minimum atomic E-state index is -1.13. The summed E-state index contributed by atoms with van der Waals surface area (Å²) in [7, 11) is 0. The molecule has 0 atom stereocenters. The van der Waals surface area contributed by atoms with Crippen molar-refractivity contribution in [3.8, 4) is 0 Å². The Morgan fingerprint density at radius 3 is 2.21 bits per heavy atom. The molecule has 3 N–H and O–H groups in total. The summed E-state index contributed by atoms with van der Waals surface area (Å²) in [4.78, 5) is 34.2. The van der Waals surface area contributed by atoms with Crippen LogP contribution in [0.2, 0.25) is 0 Å². The average Bonchev–Trinajstić information content (AvgIpc) is 3.19. The van der Waals surface area contributed by atoms with Gasteiger partial charge in [-0.25, -0.2) is 0 Å². The van der Waals surface area contributed by atoms with E-state index < -0.39 is 18.4 Å². The van der Waals surface area contributed by atoms with Crippen molar-refractivity contribution in [2.24, 2.45) is 0 Å². The highest BCUT2D eigenvalue weighted by Gasteiger charge is 2.25. The molecule has 0 saturated heterocycles. The van der Waals surface area contributed by atoms with E-state index in [1.165, 1.54) is 6.07 Å². The molecule has 1 aliphatic carbocycles. The fourth-order valence-corrected chi connectivity index (χ4v) is 1.62. The van der Waals surface area contributed by atoms with Crippen LogP contribution in [0.4, 0.5) is 0 Å². The third kappa shape index (κ3) is 3.54. The fourth-order valence-electron chi connectivity index (χ4n) is 1.62. The molecule has 1 fully saturated rings. The highest BCUT2D eigenvalue weighted by atomic mass is 16.4. The predicted octanol–water partition coefficient (Wildman–Crippen LogP) is 0.393. The van der Waals surface area contributed by atoms with Crippen LogP contribution >= 0.6 is 0 Å². The number of carbonyl (C=O) groups excluding carboxylic acids is 2. The maximum atomic E-state index is 12.0. The van der Waals surface area contributed by atoms with E-state index in [-0.39, 0.29) is 23.1 Å². The molecule has 6 heteroatoms. The number of benzene rings is 1. The van der Waals surface area contributed by atoms with Crippen molar-refractivity contribution in [3.05, 3.63) is 35.4 Å². The van der Waals surface area contributed by atoms with Gasteiger partial charge in [-0.15, -0.1) is 0 Å². The first-order valence-corrected chi connectivity index (χ1v) is 5.98. The van der Waals surface area contributed by atoms with Crippen LogP contribution in [0.25, 0.3) is 0 Å². The van der Waals surface area contributed by atoms with E-state index in [1.54, 1.807) is 18.2 Å². The molecule has 1 aromatic carbocycles. The van der Waals surface area contributed by atoms with Gasteiger partial charge in [0.25, 0.3) is 11.8 Å². The number of amides is 2. The number of rotatable bonds is 5. The van der Waals surface area contributed by atoms with E-state index in [2.05, 4.69) is 10.6 Å². The molecule has 2 amide bonds.